The van der Waals surface area contributed by atoms with Crippen molar-refractivity contribution in [2.24, 2.45) is 0 Å². The van der Waals surface area contributed by atoms with E-state index >= 15 is 0 Å². The SMILES string of the molecule is COc1ccccc1CNC(=O)CS(=O)(=O)CC(=O)Nc1ccc(F)cc1. The Balaban J connectivity index is 1.86. The number of benzene rings is 2. The van der Waals surface area contributed by atoms with E-state index in [1.165, 1.54) is 19.2 Å². The number of anilines is 1. The number of sulfone groups is 1. The number of hydrogen-bond donors (Lipinski definition) is 2. The second-order valence-corrected chi connectivity index (χ2v) is 7.74. The van der Waals surface area contributed by atoms with Crippen molar-refractivity contribution < 1.29 is 27.1 Å². The number of methoxy groups -OCH3 is 1. The minimum absolute atomic E-state index is 0.0974. The van der Waals surface area contributed by atoms with E-state index in [9.17, 15) is 22.4 Å². The molecule has 0 saturated carbocycles. The van der Waals surface area contributed by atoms with Crippen molar-refractivity contribution in [1.29, 1.82) is 0 Å². The predicted octanol–water partition coefficient (Wildman–Crippen LogP) is 1.50. The van der Waals surface area contributed by atoms with Crippen molar-refractivity contribution in [1.82, 2.24) is 5.32 Å². The van der Waals surface area contributed by atoms with Gasteiger partial charge in [0.1, 0.15) is 23.1 Å². The number of carbonyl (C=O) groups is 2. The fraction of sp³-hybridized carbons (Fsp3) is 0.222. The summed E-state index contributed by atoms with van der Waals surface area (Å²) in [4.78, 5) is 23.7. The van der Waals surface area contributed by atoms with Crippen molar-refractivity contribution in [3.8, 4) is 5.75 Å². The molecule has 144 valence electrons. The van der Waals surface area contributed by atoms with Crippen LogP contribution in [0.1, 0.15) is 5.56 Å². The van der Waals surface area contributed by atoms with Crippen LogP contribution in [-0.2, 0) is 26.0 Å². The normalized spacial score (nSPS) is 10.9. The number of para-hydroxylation sites is 1. The lowest BCUT2D eigenvalue weighted by Crippen LogP contribution is -2.33. The van der Waals surface area contributed by atoms with E-state index in [-0.39, 0.29) is 12.2 Å². The first-order valence-corrected chi connectivity index (χ1v) is 9.75. The van der Waals surface area contributed by atoms with Crippen LogP contribution in [-0.4, -0.2) is 38.8 Å². The number of ether oxygens (including phenoxy) is 1. The van der Waals surface area contributed by atoms with E-state index in [2.05, 4.69) is 10.6 Å². The summed E-state index contributed by atoms with van der Waals surface area (Å²) in [5.41, 5.74) is 0.956. The average Bonchev–Trinajstić information content (AvgIpc) is 2.61. The molecule has 0 aromatic heterocycles. The largest absolute Gasteiger partial charge is 0.496 e. The van der Waals surface area contributed by atoms with Gasteiger partial charge in [0, 0.05) is 17.8 Å². The van der Waals surface area contributed by atoms with Gasteiger partial charge in [-0.2, -0.15) is 0 Å². The Hall–Kier alpha value is -2.94. The Kier molecular flexibility index (Phi) is 6.89. The molecule has 0 aliphatic rings. The van der Waals surface area contributed by atoms with E-state index < -0.39 is 39.0 Å². The second-order valence-electron chi connectivity index (χ2n) is 5.68. The zero-order chi connectivity index (χ0) is 19.9. The second kappa shape index (κ2) is 9.13. The van der Waals surface area contributed by atoms with Gasteiger partial charge in [0.05, 0.1) is 7.11 Å². The highest BCUT2D eigenvalue weighted by Gasteiger charge is 2.21. The van der Waals surface area contributed by atoms with E-state index in [1.807, 2.05) is 0 Å². The molecule has 9 heteroatoms. The van der Waals surface area contributed by atoms with Crippen LogP contribution >= 0.6 is 0 Å². The molecule has 2 aromatic rings. The Morgan fingerprint density at radius 1 is 1.00 bits per heavy atom. The molecule has 0 spiro atoms. The summed E-state index contributed by atoms with van der Waals surface area (Å²) in [7, 11) is -2.47. The maximum Gasteiger partial charge on any atom is 0.239 e. The fourth-order valence-corrected chi connectivity index (χ4v) is 3.35. The first-order chi connectivity index (χ1) is 12.8. The molecule has 0 bridgehead atoms. The molecule has 2 N–H and O–H groups in total. The van der Waals surface area contributed by atoms with E-state index in [4.69, 9.17) is 4.74 Å². The molecule has 0 unspecified atom stereocenters. The molecule has 0 saturated heterocycles. The monoisotopic (exact) mass is 394 g/mol. The highest BCUT2D eigenvalue weighted by Crippen LogP contribution is 2.16. The minimum Gasteiger partial charge on any atom is -0.496 e. The minimum atomic E-state index is -3.96. The van der Waals surface area contributed by atoms with Crippen molar-refractivity contribution >= 4 is 27.3 Å². The maximum atomic E-state index is 12.8. The molecule has 7 nitrogen and oxygen atoms in total. The number of rotatable bonds is 8. The number of carbonyl (C=O) groups excluding carboxylic acids is 2. The van der Waals surface area contributed by atoms with Gasteiger partial charge in [0.2, 0.25) is 11.8 Å². The third-order valence-corrected chi connectivity index (χ3v) is 4.90. The first-order valence-electron chi connectivity index (χ1n) is 7.93. The number of hydrogen-bond acceptors (Lipinski definition) is 5. The fourth-order valence-electron chi connectivity index (χ4n) is 2.27. The summed E-state index contributed by atoms with van der Waals surface area (Å²) < 4.78 is 42.0. The first kappa shape index (κ1) is 20.4. The zero-order valence-electron chi connectivity index (χ0n) is 14.6. The maximum absolute atomic E-state index is 12.8. The van der Waals surface area contributed by atoms with Gasteiger partial charge in [-0.15, -0.1) is 0 Å². The zero-order valence-corrected chi connectivity index (χ0v) is 15.4. The molecule has 2 rings (SSSR count). The number of halogens is 1. The van der Waals surface area contributed by atoms with Gasteiger partial charge in [-0.1, -0.05) is 18.2 Å². The van der Waals surface area contributed by atoms with Crippen LogP contribution in [0.15, 0.2) is 48.5 Å². The molecule has 27 heavy (non-hydrogen) atoms. The molecule has 0 aliphatic heterocycles. The lowest BCUT2D eigenvalue weighted by Gasteiger charge is -2.10. The van der Waals surface area contributed by atoms with Crippen LogP contribution in [0.5, 0.6) is 5.75 Å². The molecule has 0 fully saturated rings. The Morgan fingerprint density at radius 2 is 1.63 bits per heavy atom. The molecular weight excluding hydrogens is 375 g/mol. The van der Waals surface area contributed by atoms with Gasteiger partial charge in [0.15, 0.2) is 9.84 Å². The lowest BCUT2D eigenvalue weighted by molar-refractivity contribution is -0.118. The summed E-state index contributed by atoms with van der Waals surface area (Å²) >= 11 is 0. The van der Waals surface area contributed by atoms with E-state index in [0.717, 1.165) is 12.1 Å². The number of nitrogens with one attached hydrogen (secondary N) is 2. The van der Waals surface area contributed by atoms with E-state index in [0.29, 0.717) is 11.3 Å². The molecule has 0 aliphatic carbocycles. The van der Waals surface area contributed by atoms with Crippen LogP contribution in [0.25, 0.3) is 0 Å². The van der Waals surface area contributed by atoms with E-state index in [1.54, 1.807) is 24.3 Å². The van der Waals surface area contributed by atoms with Crippen molar-refractivity contribution in [2.75, 3.05) is 23.9 Å². The van der Waals surface area contributed by atoms with Crippen LogP contribution in [0, 0.1) is 5.82 Å². The Morgan fingerprint density at radius 3 is 2.30 bits per heavy atom. The summed E-state index contributed by atoms with van der Waals surface area (Å²) in [5.74, 6) is -3.12. The molecule has 0 atom stereocenters. The van der Waals surface area contributed by atoms with Gasteiger partial charge in [-0.25, -0.2) is 12.8 Å². The van der Waals surface area contributed by atoms with Crippen molar-refractivity contribution in [3.05, 3.63) is 59.9 Å². The number of amides is 2. The van der Waals surface area contributed by atoms with Crippen molar-refractivity contribution in [2.45, 2.75) is 6.54 Å². The lowest BCUT2D eigenvalue weighted by atomic mass is 10.2. The predicted molar refractivity (Wildman–Crippen MR) is 98.5 cm³/mol. The van der Waals surface area contributed by atoms with Gasteiger partial charge in [-0.3, -0.25) is 9.59 Å². The quantitative estimate of drug-likeness (QED) is 0.707. The van der Waals surface area contributed by atoms with Crippen LogP contribution < -0.4 is 15.4 Å². The highest BCUT2D eigenvalue weighted by atomic mass is 32.2. The van der Waals surface area contributed by atoms with Gasteiger partial charge in [-0.05, 0) is 30.3 Å². The summed E-state index contributed by atoms with van der Waals surface area (Å²) in [6.45, 7) is 0.0974. The van der Waals surface area contributed by atoms with Crippen LogP contribution in [0.2, 0.25) is 0 Å². The van der Waals surface area contributed by atoms with Crippen LogP contribution in [0.3, 0.4) is 0 Å². The topological polar surface area (TPSA) is 102 Å². The van der Waals surface area contributed by atoms with Crippen LogP contribution in [0.4, 0.5) is 10.1 Å². The molecule has 0 heterocycles. The van der Waals surface area contributed by atoms with Gasteiger partial charge < -0.3 is 15.4 Å². The Labute approximate surface area is 156 Å². The summed E-state index contributed by atoms with van der Waals surface area (Å²) in [6.07, 6.45) is 0. The van der Waals surface area contributed by atoms with Gasteiger partial charge in [0.25, 0.3) is 0 Å². The average molecular weight is 394 g/mol. The molecule has 2 aromatic carbocycles. The van der Waals surface area contributed by atoms with Crippen molar-refractivity contribution in [3.63, 3.8) is 0 Å². The third kappa shape index (κ3) is 6.70. The molecule has 2 amide bonds. The summed E-state index contributed by atoms with van der Waals surface area (Å²) in [6, 6.07) is 11.9. The summed E-state index contributed by atoms with van der Waals surface area (Å²) in [5, 5.41) is 4.83. The third-order valence-electron chi connectivity index (χ3n) is 3.50. The highest BCUT2D eigenvalue weighted by molar-refractivity contribution is 7.92. The Bertz CT molecular complexity index is 914. The molecular formula is C18H19FN2O5S. The standard InChI is InChI=1S/C18H19FN2O5S/c1-26-16-5-3-2-4-13(16)10-20-17(22)11-27(24,25)12-18(23)21-15-8-6-14(19)7-9-15/h2-9H,10-12H2,1H3,(H,20,22)(H,21,23). The van der Waals surface area contributed by atoms with Gasteiger partial charge >= 0.3 is 0 Å². The molecule has 0 radical (unpaired) electrons. The smallest absolute Gasteiger partial charge is 0.239 e.